The van der Waals surface area contributed by atoms with E-state index in [1.807, 2.05) is 64.1 Å². The second-order valence-corrected chi connectivity index (χ2v) is 7.96. The maximum atomic E-state index is 12.6. The molecule has 1 aliphatic heterocycles. The highest BCUT2D eigenvalue weighted by molar-refractivity contribution is 6.01. The predicted molar refractivity (Wildman–Crippen MR) is 116 cm³/mol. The minimum atomic E-state index is -0.957. The van der Waals surface area contributed by atoms with Gasteiger partial charge in [-0.25, -0.2) is 0 Å². The molecule has 1 fully saturated rings. The van der Waals surface area contributed by atoms with Crippen molar-refractivity contribution in [2.45, 2.75) is 47.1 Å². The Kier molecular flexibility index (Phi) is 6.25. The van der Waals surface area contributed by atoms with Crippen molar-refractivity contribution < 1.29 is 19.1 Å². The second kappa shape index (κ2) is 8.69. The highest BCUT2D eigenvalue weighted by Gasteiger charge is 2.38. The van der Waals surface area contributed by atoms with Crippen LogP contribution in [0.5, 0.6) is 0 Å². The third-order valence-corrected chi connectivity index (χ3v) is 5.72. The molecular formula is C24H28N2O4. The molecule has 1 heterocycles. The molecule has 3 rings (SSSR count). The van der Waals surface area contributed by atoms with Crippen LogP contribution < -0.4 is 10.2 Å². The maximum absolute atomic E-state index is 12.6. The van der Waals surface area contributed by atoms with Gasteiger partial charge in [-0.2, -0.15) is 0 Å². The summed E-state index contributed by atoms with van der Waals surface area (Å²) < 4.78 is 5.40. The summed E-state index contributed by atoms with van der Waals surface area (Å²) in [5.41, 5.74) is 5.52. The van der Waals surface area contributed by atoms with E-state index in [1.165, 1.54) is 0 Å². The number of nitrogens with one attached hydrogen (secondary N) is 1. The summed E-state index contributed by atoms with van der Waals surface area (Å²) >= 11 is 0. The Bertz CT molecular complexity index is 978. The van der Waals surface area contributed by atoms with E-state index in [0.717, 1.165) is 33.6 Å². The van der Waals surface area contributed by atoms with Crippen LogP contribution in [-0.2, 0) is 19.1 Å². The van der Waals surface area contributed by atoms with Crippen LogP contribution in [0, 0.1) is 33.6 Å². The van der Waals surface area contributed by atoms with Gasteiger partial charge in [0.2, 0.25) is 5.91 Å². The smallest absolute Gasteiger partial charge is 0.312 e. The molecule has 0 aliphatic carbocycles. The summed E-state index contributed by atoms with van der Waals surface area (Å²) in [4.78, 5) is 39.3. The van der Waals surface area contributed by atoms with E-state index in [9.17, 15) is 14.4 Å². The Morgan fingerprint density at radius 1 is 1.03 bits per heavy atom. The zero-order valence-electron chi connectivity index (χ0n) is 18.1. The monoisotopic (exact) mass is 408 g/mol. The molecule has 1 N–H and O–H groups in total. The van der Waals surface area contributed by atoms with Gasteiger partial charge in [-0.15, -0.1) is 0 Å². The first-order chi connectivity index (χ1) is 14.2. The third kappa shape index (κ3) is 4.37. The van der Waals surface area contributed by atoms with E-state index in [1.54, 1.807) is 11.8 Å². The summed E-state index contributed by atoms with van der Waals surface area (Å²) in [6, 6.07) is 11.5. The number of hydrogen-bond donors (Lipinski definition) is 1. The van der Waals surface area contributed by atoms with Crippen molar-refractivity contribution in [3.8, 4) is 0 Å². The molecule has 6 heteroatoms. The lowest BCUT2D eigenvalue weighted by molar-refractivity contribution is -0.157. The lowest BCUT2D eigenvalue weighted by atomic mass is 10.1. The molecule has 2 aromatic carbocycles. The van der Waals surface area contributed by atoms with Crippen LogP contribution in [0.2, 0.25) is 0 Å². The molecule has 0 unspecified atom stereocenters. The number of rotatable bonds is 5. The molecule has 0 radical (unpaired) electrons. The SMILES string of the molecule is Cc1cccc(N2C[C@H](C(=O)O[C@@H](C)C(=O)Nc3c(C)cccc3C)CC2=O)c1C. The van der Waals surface area contributed by atoms with Gasteiger partial charge in [-0.05, 0) is 62.9 Å². The Hall–Kier alpha value is -3.15. The van der Waals surface area contributed by atoms with Crippen LogP contribution >= 0.6 is 0 Å². The Balaban J connectivity index is 1.64. The van der Waals surface area contributed by atoms with Crippen LogP contribution in [0.25, 0.3) is 0 Å². The number of amides is 2. The fourth-order valence-electron chi connectivity index (χ4n) is 3.69. The van der Waals surface area contributed by atoms with Gasteiger partial charge in [0.05, 0.1) is 5.92 Å². The van der Waals surface area contributed by atoms with E-state index in [2.05, 4.69) is 5.32 Å². The van der Waals surface area contributed by atoms with Crippen LogP contribution in [0.1, 0.15) is 35.6 Å². The van der Waals surface area contributed by atoms with Crippen LogP contribution in [0.4, 0.5) is 11.4 Å². The summed E-state index contributed by atoms with van der Waals surface area (Å²) in [6.07, 6.45) is -0.876. The number of carbonyl (C=O) groups excluding carboxylic acids is 3. The van der Waals surface area contributed by atoms with Crippen molar-refractivity contribution in [2.24, 2.45) is 5.92 Å². The molecule has 1 saturated heterocycles. The van der Waals surface area contributed by atoms with Gasteiger partial charge >= 0.3 is 5.97 Å². The van der Waals surface area contributed by atoms with Gasteiger partial charge in [0, 0.05) is 24.3 Å². The number of hydrogen-bond acceptors (Lipinski definition) is 4. The molecule has 2 aromatic rings. The number of nitrogens with zero attached hydrogens (tertiary/aromatic N) is 1. The molecule has 2 amide bonds. The van der Waals surface area contributed by atoms with Gasteiger partial charge in [-0.3, -0.25) is 14.4 Å². The van der Waals surface area contributed by atoms with Crippen LogP contribution in [0.3, 0.4) is 0 Å². The minimum absolute atomic E-state index is 0.0808. The highest BCUT2D eigenvalue weighted by atomic mass is 16.5. The topological polar surface area (TPSA) is 75.7 Å². The first kappa shape index (κ1) is 21.6. The summed E-state index contributed by atoms with van der Waals surface area (Å²) in [6.45, 7) is 9.56. The number of carbonyl (C=O) groups is 3. The molecule has 0 bridgehead atoms. The van der Waals surface area contributed by atoms with E-state index in [0.29, 0.717) is 0 Å². The summed E-state index contributed by atoms with van der Waals surface area (Å²) in [7, 11) is 0. The molecule has 0 spiro atoms. The first-order valence-electron chi connectivity index (χ1n) is 10.1. The van der Waals surface area contributed by atoms with E-state index in [-0.39, 0.29) is 18.9 Å². The van der Waals surface area contributed by atoms with Crippen molar-refractivity contribution in [3.63, 3.8) is 0 Å². The lowest BCUT2D eigenvalue weighted by Crippen LogP contribution is -2.33. The van der Waals surface area contributed by atoms with E-state index >= 15 is 0 Å². The van der Waals surface area contributed by atoms with Crippen LogP contribution in [-0.4, -0.2) is 30.4 Å². The normalized spacial score (nSPS) is 17.0. The molecule has 0 saturated carbocycles. The summed E-state index contributed by atoms with van der Waals surface area (Å²) in [5, 5.41) is 2.84. The molecule has 1 aliphatic rings. The molecule has 2 atom stereocenters. The number of ether oxygens (including phenoxy) is 1. The number of esters is 1. The van der Waals surface area contributed by atoms with E-state index in [4.69, 9.17) is 4.74 Å². The largest absolute Gasteiger partial charge is 0.452 e. The zero-order valence-corrected chi connectivity index (χ0v) is 18.1. The number of aryl methyl sites for hydroxylation is 3. The number of anilines is 2. The quantitative estimate of drug-likeness (QED) is 0.763. The number of para-hydroxylation sites is 1. The van der Waals surface area contributed by atoms with Crippen LogP contribution in [0.15, 0.2) is 36.4 Å². The summed E-state index contributed by atoms with van der Waals surface area (Å²) in [5.74, 6) is -1.62. The van der Waals surface area contributed by atoms with Crippen molar-refractivity contribution >= 4 is 29.2 Å². The fourth-order valence-corrected chi connectivity index (χ4v) is 3.69. The second-order valence-electron chi connectivity index (χ2n) is 7.96. The van der Waals surface area contributed by atoms with Crippen molar-refractivity contribution in [3.05, 3.63) is 58.7 Å². The average molecular weight is 408 g/mol. The van der Waals surface area contributed by atoms with Gasteiger partial charge in [0.1, 0.15) is 0 Å². The third-order valence-electron chi connectivity index (χ3n) is 5.72. The lowest BCUT2D eigenvalue weighted by Gasteiger charge is -2.20. The number of benzene rings is 2. The standard InChI is InChI=1S/C24H28N2O4/c1-14-8-7-11-20(17(14)4)26-13-19(12-21(26)27)24(29)30-18(5)23(28)25-22-15(2)9-6-10-16(22)3/h6-11,18-19H,12-13H2,1-5H3,(H,25,28)/t18-,19+/m0/s1. The predicted octanol–water partition coefficient (Wildman–Crippen LogP) is 3.84. The van der Waals surface area contributed by atoms with Gasteiger partial charge in [0.25, 0.3) is 5.91 Å². The van der Waals surface area contributed by atoms with Crippen molar-refractivity contribution in [1.29, 1.82) is 0 Å². The average Bonchev–Trinajstić information content (AvgIpc) is 3.08. The highest BCUT2D eigenvalue weighted by Crippen LogP contribution is 2.30. The van der Waals surface area contributed by atoms with Gasteiger partial charge in [0.15, 0.2) is 6.10 Å². The first-order valence-corrected chi connectivity index (χ1v) is 10.1. The molecule has 0 aromatic heterocycles. The Labute approximate surface area is 177 Å². The van der Waals surface area contributed by atoms with Gasteiger partial charge < -0.3 is 15.0 Å². The molecule has 6 nitrogen and oxygen atoms in total. The Morgan fingerprint density at radius 2 is 1.63 bits per heavy atom. The van der Waals surface area contributed by atoms with Crippen molar-refractivity contribution in [2.75, 3.05) is 16.8 Å². The zero-order chi connectivity index (χ0) is 22.0. The molecule has 158 valence electrons. The van der Waals surface area contributed by atoms with Crippen molar-refractivity contribution in [1.82, 2.24) is 0 Å². The maximum Gasteiger partial charge on any atom is 0.312 e. The van der Waals surface area contributed by atoms with E-state index < -0.39 is 23.9 Å². The minimum Gasteiger partial charge on any atom is -0.452 e. The fraction of sp³-hybridized carbons (Fsp3) is 0.375. The Morgan fingerprint density at radius 3 is 2.30 bits per heavy atom. The molecular weight excluding hydrogens is 380 g/mol. The molecule has 30 heavy (non-hydrogen) atoms. The van der Waals surface area contributed by atoms with Gasteiger partial charge in [-0.1, -0.05) is 30.3 Å².